The Labute approximate surface area is 76.0 Å². The van der Waals surface area contributed by atoms with Crippen LogP contribution in [0.15, 0.2) is 5.10 Å². The van der Waals surface area contributed by atoms with E-state index in [1.165, 1.54) is 5.01 Å². The zero-order valence-electron chi connectivity index (χ0n) is 7.49. The van der Waals surface area contributed by atoms with Gasteiger partial charge in [0.05, 0.1) is 0 Å². The number of hydrazone groups is 1. The molecule has 1 heterocycles. The first-order chi connectivity index (χ1) is 6.15. The van der Waals surface area contributed by atoms with Crippen molar-refractivity contribution in [3.05, 3.63) is 0 Å². The van der Waals surface area contributed by atoms with Crippen molar-refractivity contribution in [2.75, 3.05) is 6.54 Å². The number of aliphatic carboxylic acids is 1. The molecule has 1 aliphatic heterocycles. The van der Waals surface area contributed by atoms with Crippen LogP contribution in [0.2, 0.25) is 0 Å². The summed E-state index contributed by atoms with van der Waals surface area (Å²) in [5, 5.41) is 13.6. The molecule has 0 aromatic heterocycles. The molecule has 1 amide bonds. The normalized spacial score (nSPS) is 17.2. The third-order valence-corrected chi connectivity index (χ3v) is 1.79. The van der Waals surface area contributed by atoms with Crippen molar-refractivity contribution in [1.29, 1.82) is 0 Å². The average molecular weight is 184 g/mol. The maximum atomic E-state index is 11.2. The Morgan fingerprint density at radius 3 is 2.85 bits per heavy atom. The Hall–Kier alpha value is -1.39. The number of carbonyl (C=O) groups is 2. The van der Waals surface area contributed by atoms with E-state index in [1.54, 1.807) is 0 Å². The number of carbonyl (C=O) groups excluding carboxylic acids is 1. The zero-order chi connectivity index (χ0) is 9.84. The predicted octanol–water partition coefficient (Wildman–Crippen LogP) is 0.459. The van der Waals surface area contributed by atoms with E-state index in [2.05, 4.69) is 5.10 Å². The topological polar surface area (TPSA) is 70.0 Å². The van der Waals surface area contributed by atoms with Gasteiger partial charge in [-0.15, -0.1) is 0 Å². The van der Waals surface area contributed by atoms with Crippen LogP contribution in [-0.4, -0.2) is 34.2 Å². The van der Waals surface area contributed by atoms with Crippen LogP contribution < -0.4 is 0 Å². The van der Waals surface area contributed by atoms with Gasteiger partial charge in [-0.2, -0.15) is 5.10 Å². The second-order valence-electron chi connectivity index (χ2n) is 2.87. The van der Waals surface area contributed by atoms with Crippen molar-refractivity contribution in [1.82, 2.24) is 5.01 Å². The molecule has 0 radical (unpaired) electrons. The molecule has 1 N–H and O–H groups in total. The van der Waals surface area contributed by atoms with Crippen molar-refractivity contribution in [3.8, 4) is 0 Å². The number of nitrogens with zero attached hydrogens (tertiary/aromatic N) is 2. The Kier molecular flexibility index (Phi) is 3.00. The fourth-order valence-corrected chi connectivity index (χ4v) is 1.14. The Morgan fingerprint density at radius 2 is 2.31 bits per heavy atom. The molecule has 0 unspecified atom stereocenters. The Morgan fingerprint density at radius 1 is 1.62 bits per heavy atom. The van der Waals surface area contributed by atoms with E-state index in [0.29, 0.717) is 6.54 Å². The summed E-state index contributed by atoms with van der Waals surface area (Å²) in [6.45, 7) is 2.41. The molecule has 13 heavy (non-hydrogen) atoms. The third kappa shape index (κ3) is 2.27. The minimum atomic E-state index is -1.03. The zero-order valence-corrected chi connectivity index (χ0v) is 7.49. The maximum Gasteiger partial charge on any atom is 0.352 e. The molecule has 0 aromatic rings. The lowest BCUT2D eigenvalue weighted by Gasteiger charge is -2.21. The summed E-state index contributed by atoms with van der Waals surface area (Å²) in [5.74, 6) is -1.12. The number of rotatable bonds is 3. The van der Waals surface area contributed by atoms with Gasteiger partial charge in [0.2, 0.25) is 5.91 Å². The van der Waals surface area contributed by atoms with E-state index >= 15 is 0 Å². The summed E-state index contributed by atoms with van der Waals surface area (Å²) in [5.41, 5.74) is 0.0769. The molecule has 0 aliphatic carbocycles. The van der Waals surface area contributed by atoms with Crippen molar-refractivity contribution in [2.24, 2.45) is 5.10 Å². The summed E-state index contributed by atoms with van der Waals surface area (Å²) < 4.78 is 0. The van der Waals surface area contributed by atoms with E-state index in [4.69, 9.17) is 5.11 Å². The fraction of sp³-hybridized carbons (Fsp3) is 0.625. The molecular weight excluding hydrogens is 172 g/mol. The van der Waals surface area contributed by atoms with Crippen LogP contribution >= 0.6 is 0 Å². The number of hydrogen-bond acceptors (Lipinski definition) is 3. The summed E-state index contributed by atoms with van der Waals surface area (Å²) in [6.07, 6.45) is 1.28. The first-order valence-electron chi connectivity index (χ1n) is 4.26. The van der Waals surface area contributed by atoms with Crippen LogP contribution in [0.4, 0.5) is 0 Å². The second-order valence-corrected chi connectivity index (χ2v) is 2.87. The van der Waals surface area contributed by atoms with Crippen LogP contribution in [0.5, 0.6) is 0 Å². The van der Waals surface area contributed by atoms with Gasteiger partial charge in [0, 0.05) is 19.4 Å². The predicted molar refractivity (Wildman–Crippen MR) is 46.3 cm³/mol. The smallest absolute Gasteiger partial charge is 0.352 e. The number of carboxylic acid groups (broad SMARTS) is 1. The number of amides is 1. The van der Waals surface area contributed by atoms with Gasteiger partial charge in [-0.05, 0) is 6.42 Å². The van der Waals surface area contributed by atoms with Gasteiger partial charge < -0.3 is 5.11 Å². The van der Waals surface area contributed by atoms with Crippen LogP contribution in [0.3, 0.4) is 0 Å². The molecule has 0 atom stereocenters. The van der Waals surface area contributed by atoms with E-state index in [0.717, 1.165) is 6.42 Å². The third-order valence-electron chi connectivity index (χ3n) is 1.79. The van der Waals surface area contributed by atoms with Crippen molar-refractivity contribution < 1.29 is 14.7 Å². The van der Waals surface area contributed by atoms with E-state index in [1.807, 2.05) is 6.92 Å². The summed E-state index contributed by atoms with van der Waals surface area (Å²) in [4.78, 5) is 21.7. The van der Waals surface area contributed by atoms with Crippen LogP contribution in [0, 0.1) is 0 Å². The highest BCUT2D eigenvalue weighted by atomic mass is 16.4. The van der Waals surface area contributed by atoms with E-state index < -0.39 is 5.97 Å². The van der Waals surface area contributed by atoms with Gasteiger partial charge >= 0.3 is 5.97 Å². The molecule has 5 nitrogen and oxygen atoms in total. The lowest BCUT2D eigenvalue weighted by molar-refractivity contribution is -0.132. The highest BCUT2D eigenvalue weighted by molar-refractivity contribution is 6.36. The molecule has 5 heteroatoms. The number of carboxylic acids is 1. The van der Waals surface area contributed by atoms with Crippen LogP contribution in [0.25, 0.3) is 0 Å². The molecule has 0 saturated carbocycles. The van der Waals surface area contributed by atoms with Gasteiger partial charge in [-0.1, -0.05) is 6.92 Å². The molecular formula is C8H12N2O3. The quantitative estimate of drug-likeness (QED) is 0.692. The molecule has 0 bridgehead atoms. The second kappa shape index (κ2) is 4.02. The molecule has 0 fully saturated rings. The number of hydrogen-bond donors (Lipinski definition) is 1. The minimum absolute atomic E-state index is 0.0769. The highest BCUT2D eigenvalue weighted by Gasteiger charge is 2.22. The Balaban J connectivity index is 2.74. The standard InChI is InChI=1S/C8H12N2O3/c1-2-5-10-7(11)4-3-6(9-10)8(12)13/h2-5H2,1H3,(H,12,13). The maximum absolute atomic E-state index is 11.2. The molecule has 1 rings (SSSR count). The van der Waals surface area contributed by atoms with Crippen LogP contribution in [0.1, 0.15) is 26.2 Å². The highest BCUT2D eigenvalue weighted by Crippen LogP contribution is 2.09. The fourth-order valence-electron chi connectivity index (χ4n) is 1.14. The van der Waals surface area contributed by atoms with Crippen molar-refractivity contribution >= 4 is 17.6 Å². The van der Waals surface area contributed by atoms with Crippen molar-refractivity contribution in [2.45, 2.75) is 26.2 Å². The SMILES string of the molecule is CCCN1N=C(C(=O)O)CCC1=O. The lowest BCUT2D eigenvalue weighted by Crippen LogP contribution is -2.34. The van der Waals surface area contributed by atoms with Gasteiger partial charge in [0.1, 0.15) is 5.71 Å². The van der Waals surface area contributed by atoms with Gasteiger partial charge in [0.25, 0.3) is 0 Å². The minimum Gasteiger partial charge on any atom is -0.477 e. The summed E-state index contributed by atoms with van der Waals surface area (Å²) in [7, 11) is 0. The van der Waals surface area contributed by atoms with Gasteiger partial charge in [-0.3, -0.25) is 4.79 Å². The Bertz CT molecular complexity index is 260. The summed E-state index contributed by atoms with van der Waals surface area (Å²) >= 11 is 0. The largest absolute Gasteiger partial charge is 0.477 e. The van der Waals surface area contributed by atoms with E-state index in [9.17, 15) is 9.59 Å². The van der Waals surface area contributed by atoms with Gasteiger partial charge in [0.15, 0.2) is 0 Å². The van der Waals surface area contributed by atoms with Gasteiger partial charge in [-0.25, -0.2) is 9.80 Å². The molecule has 0 saturated heterocycles. The molecule has 1 aliphatic rings. The monoisotopic (exact) mass is 184 g/mol. The first kappa shape index (κ1) is 9.70. The van der Waals surface area contributed by atoms with Crippen LogP contribution in [-0.2, 0) is 9.59 Å². The average Bonchev–Trinajstić information content (AvgIpc) is 2.08. The van der Waals surface area contributed by atoms with E-state index in [-0.39, 0.29) is 24.5 Å². The molecule has 0 aromatic carbocycles. The van der Waals surface area contributed by atoms with Crippen molar-refractivity contribution in [3.63, 3.8) is 0 Å². The first-order valence-corrected chi connectivity index (χ1v) is 4.26. The molecule has 72 valence electrons. The lowest BCUT2D eigenvalue weighted by atomic mass is 10.1. The molecule has 0 spiro atoms. The summed E-state index contributed by atoms with van der Waals surface area (Å²) in [6, 6.07) is 0.